The number of para-hydroxylation sites is 1. The summed E-state index contributed by atoms with van der Waals surface area (Å²) < 4.78 is 0. The van der Waals surface area contributed by atoms with E-state index in [1.165, 1.54) is 0 Å². The Hall–Kier alpha value is -3.31. The lowest BCUT2D eigenvalue weighted by Crippen LogP contribution is -2.44. The second-order valence-electron chi connectivity index (χ2n) is 8.60. The third-order valence-corrected chi connectivity index (χ3v) is 6.34. The van der Waals surface area contributed by atoms with E-state index in [2.05, 4.69) is 27.7 Å². The van der Waals surface area contributed by atoms with Crippen molar-refractivity contribution >= 4 is 34.8 Å². The van der Waals surface area contributed by atoms with Crippen LogP contribution >= 0.6 is 11.6 Å². The first-order valence-corrected chi connectivity index (χ1v) is 11.5. The van der Waals surface area contributed by atoms with Crippen molar-refractivity contribution in [1.29, 1.82) is 0 Å². The number of halogens is 1. The van der Waals surface area contributed by atoms with Gasteiger partial charge in [0, 0.05) is 36.4 Å². The Kier molecular flexibility index (Phi) is 6.99. The molecule has 4 rings (SSSR count). The minimum atomic E-state index is -0.466. The molecule has 1 heterocycles. The fourth-order valence-corrected chi connectivity index (χ4v) is 4.50. The summed E-state index contributed by atoms with van der Waals surface area (Å²) in [6.45, 7) is 2.58. The van der Waals surface area contributed by atoms with E-state index in [0.717, 1.165) is 28.1 Å². The highest BCUT2D eigenvalue weighted by atomic mass is 35.5. The van der Waals surface area contributed by atoms with Crippen LogP contribution in [0.2, 0.25) is 5.02 Å². The molecule has 0 bridgehead atoms. The van der Waals surface area contributed by atoms with Gasteiger partial charge in [-0.15, -0.1) is 0 Å². The Labute approximate surface area is 199 Å². The van der Waals surface area contributed by atoms with Crippen molar-refractivity contribution in [1.82, 2.24) is 5.32 Å². The van der Waals surface area contributed by atoms with Crippen LogP contribution in [0.25, 0.3) is 0 Å². The molecule has 0 fully saturated rings. The zero-order valence-electron chi connectivity index (χ0n) is 18.8. The minimum absolute atomic E-state index is 0.118. The summed E-state index contributed by atoms with van der Waals surface area (Å²) in [7, 11) is 2.00. The molecule has 1 aliphatic rings. The maximum absolute atomic E-state index is 13.1. The van der Waals surface area contributed by atoms with Gasteiger partial charge in [-0.3, -0.25) is 9.59 Å². The van der Waals surface area contributed by atoms with E-state index in [9.17, 15) is 9.59 Å². The Balaban J connectivity index is 1.47. The van der Waals surface area contributed by atoms with Gasteiger partial charge in [0.1, 0.15) is 0 Å². The number of benzene rings is 3. The second-order valence-corrected chi connectivity index (χ2v) is 9.03. The number of hydrogen-bond acceptors (Lipinski definition) is 3. The van der Waals surface area contributed by atoms with E-state index in [4.69, 9.17) is 11.6 Å². The van der Waals surface area contributed by atoms with E-state index < -0.39 is 5.92 Å². The van der Waals surface area contributed by atoms with Gasteiger partial charge in [0.05, 0.1) is 12.0 Å². The molecule has 5 nitrogen and oxygen atoms in total. The van der Waals surface area contributed by atoms with E-state index in [0.29, 0.717) is 18.0 Å². The van der Waals surface area contributed by atoms with Crippen LogP contribution in [0.15, 0.2) is 72.8 Å². The summed E-state index contributed by atoms with van der Waals surface area (Å²) >= 11 is 6.03. The first-order valence-electron chi connectivity index (χ1n) is 11.1. The molecule has 2 amide bonds. The Morgan fingerprint density at radius 1 is 1.06 bits per heavy atom. The highest BCUT2D eigenvalue weighted by molar-refractivity contribution is 6.30. The first kappa shape index (κ1) is 22.9. The zero-order chi connectivity index (χ0) is 23.4. The normalized spacial score (nSPS) is 15.5. The number of aryl methyl sites for hydroxylation is 1. The largest absolute Gasteiger partial charge is 0.373 e. The molecule has 170 valence electrons. The van der Waals surface area contributed by atoms with Crippen LogP contribution in [0, 0.1) is 6.92 Å². The summed E-state index contributed by atoms with van der Waals surface area (Å²) in [5.74, 6) is -0.714. The lowest BCUT2D eigenvalue weighted by Gasteiger charge is -2.27. The van der Waals surface area contributed by atoms with E-state index >= 15 is 0 Å². The van der Waals surface area contributed by atoms with Crippen molar-refractivity contribution in [2.24, 2.45) is 0 Å². The van der Waals surface area contributed by atoms with Gasteiger partial charge in [-0.05, 0) is 54.3 Å². The highest BCUT2D eigenvalue weighted by Crippen LogP contribution is 2.36. The summed E-state index contributed by atoms with van der Waals surface area (Å²) in [6, 6.07) is 23.4. The fourth-order valence-electron chi connectivity index (χ4n) is 4.37. The number of carbonyl (C=O) groups is 2. The van der Waals surface area contributed by atoms with E-state index in [1.54, 1.807) is 0 Å². The zero-order valence-corrected chi connectivity index (χ0v) is 19.6. The number of fused-ring (bicyclic) bond motifs is 1. The van der Waals surface area contributed by atoms with Crippen LogP contribution in [0.3, 0.4) is 0 Å². The predicted octanol–water partition coefficient (Wildman–Crippen LogP) is 4.94. The van der Waals surface area contributed by atoms with Crippen LogP contribution in [0.5, 0.6) is 0 Å². The standard InChI is InChI=1S/C27H28ClN3O2/c1-18-7-6-10-23-24(27(33)30-26(18)23)16-25(32)29-21(15-19-8-4-3-5-9-19)17-31(2)22-13-11-20(28)12-14-22/h3-14,21,24H,15-17H2,1-2H3,(H,29,32)(H,30,33)/t21-,24?/m0/s1. The van der Waals surface area contributed by atoms with Gasteiger partial charge in [0.25, 0.3) is 0 Å². The smallest absolute Gasteiger partial charge is 0.232 e. The predicted molar refractivity (Wildman–Crippen MR) is 134 cm³/mol. The Bertz CT molecular complexity index is 1130. The lowest BCUT2D eigenvalue weighted by molar-refractivity contribution is -0.125. The number of anilines is 2. The third-order valence-electron chi connectivity index (χ3n) is 6.09. The molecule has 0 radical (unpaired) electrons. The van der Waals surface area contributed by atoms with Crippen molar-refractivity contribution in [3.63, 3.8) is 0 Å². The van der Waals surface area contributed by atoms with E-state index in [-0.39, 0.29) is 24.3 Å². The maximum Gasteiger partial charge on any atom is 0.232 e. The first-order chi connectivity index (χ1) is 15.9. The van der Waals surface area contributed by atoms with Gasteiger partial charge in [0.2, 0.25) is 11.8 Å². The van der Waals surface area contributed by atoms with Crippen molar-refractivity contribution in [3.8, 4) is 0 Å². The van der Waals surface area contributed by atoms with Crippen molar-refractivity contribution in [3.05, 3.63) is 94.5 Å². The van der Waals surface area contributed by atoms with Crippen LogP contribution in [-0.2, 0) is 16.0 Å². The quantitative estimate of drug-likeness (QED) is 0.499. The molecule has 2 atom stereocenters. The number of rotatable bonds is 8. The van der Waals surface area contributed by atoms with Crippen LogP contribution in [-0.4, -0.2) is 31.4 Å². The van der Waals surface area contributed by atoms with Crippen LogP contribution < -0.4 is 15.5 Å². The molecule has 0 aromatic heterocycles. The van der Waals surface area contributed by atoms with Crippen LogP contribution in [0.1, 0.15) is 29.0 Å². The van der Waals surface area contributed by atoms with Gasteiger partial charge in [-0.2, -0.15) is 0 Å². The number of nitrogens with one attached hydrogen (secondary N) is 2. The lowest BCUT2D eigenvalue weighted by atomic mass is 9.95. The molecule has 3 aromatic carbocycles. The Morgan fingerprint density at radius 2 is 1.79 bits per heavy atom. The average molecular weight is 462 g/mol. The highest BCUT2D eigenvalue weighted by Gasteiger charge is 2.33. The molecule has 3 aromatic rings. The number of hydrogen-bond donors (Lipinski definition) is 2. The van der Waals surface area contributed by atoms with Gasteiger partial charge < -0.3 is 15.5 Å². The molecule has 1 unspecified atom stereocenters. The summed E-state index contributed by atoms with van der Waals surface area (Å²) in [6.07, 6.45) is 0.815. The summed E-state index contributed by atoms with van der Waals surface area (Å²) in [5.41, 5.74) is 4.91. The van der Waals surface area contributed by atoms with Gasteiger partial charge in [-0.25, -0.2) is 0 Å². The molecule has 0 saturated heterocycles. The Morgan fingerprint density at radius 3 is 2.52 bits per heavy atom. The molecule has 33 heavy (non-hydrogen) atoms. The SMILES string of the molecule is Cc1cccc2c1NC(=O)C2CC(=O)N[C@@H](Cc1ccccc1)CN(C)c1ccc(Cl)cc1. The third kappa shape index (κ3) is 5.55. The molecular weight excluding hydrogens is 434 g/mol. The van der Waals surface area contributed by atoms with Gasteiger partial charge in [-0.1, -0.05) is 60.1 Å². The molecule has 0 spiro atoms. The number of likely N-dealkylation sites (N-methyl/N-ethyl adjacent to an activating group) is 1. The molecule has 0 aliphatic carbocycles. The summed E-state index contributed by atoms with van der Waals surface area (Å²) in [5, 5.41) is 6.81. The molecule has 2 N–H and O–H groups in total. The van der Waals surface area contributed by atoms with Crippen molar-refractivity contribution < 1.29 is 9.59 Å². The van der Waals surface area contributed by atoms with Crippen LogP contribution in [0.4, 0.5) is 11.4 Å². The molecular formula is C27H28ClN3O2. The van der Waals surface area contributed by atoms with Gasteiger partial charge in [0.15, 0.2) is 0 Å². The van der Waals surface area contributed by atoms with Crippen molar-refractivity contribution in [2.45, 2.75) is 31.7 Å². The van der Waals surface area contributed by atoms with E-state index in [1.807, 2.05) is 74.6 Å². The van der Waals surface area contributed by atoms with Crippen molar-refractivity contribution in [2.75, 3.05) is 23.8 Å². The number of amides is 2. The average Bonchev–Trinajstić information content (AvgIpc) is 3.11. The number of carbonyl (C=O) groups excluding carboxylic acids is 2. The van der Waals surface area contributed by atoms with Gasteiger partial charge >= 0.3 is 0 Å². The monoisotopic (exact) mass is 461 g/mol. The molecule has 1 aliphatic heterocycles. The molecule has 0 saturated carbocycles. The fraction of sp³-hybridized carbons (Fsp3) is 0.259. The summed E-state index contributed by atoms with van der Waals surface area (Å²) in [4.78, 5) is 27.8. The number of nitrogens with zero attached hydrogens (tertiary/aromatic N) is 1. The topological polar surface area (TPSA) is 61.4 Å². The molecule has 6 heteroatoms. The second kappa shape index (κ2) is 10.1. The minimum Gasteiger partial charge on any atom is -0.373 e. The maximum atomic E-state index is 13.1.